The van der Waals surface area contributed by atoms with Gasteiger partial charge in [-0.05, 0) is 26.0 Å². The maximum Gasteiger partial charge on any atom is 0.194 e. The molecule has 3 nitrogen and oxygen atoms in total. The summed E-state index contributed by atoms with van der Waals surface area (Å²) in [6.07, 6.45) is 0.581. The molecule has 1 aromatic carbocycles. The maximum absolute atomic E-state index is 13.4. The van der Waals surface area contributed by atoms with Crippen molar-refractivity contribution in [2.75, 3.05) is 11.9 Å². The maximum atomic E-state index is 13.4. The number of aromatic nitrogens is 2. The number of halogens is 3. The van der Waals surface area contributed by atoms with Crippen LogP contribution in [-0.4, -0.2) is 16.5 Å². The van der Waals surface area contributed by atoms with Crippen molar-refractivity contribution in [3.05, 3.63) is 41.0 Å². The van der Waals surface area contributed by atoms with Gasteiger partial charge in [0.2, 0.25) is 0 Å². The number of nitrogens with zero attached hydrogens (tertiary/aromatic N) is 2. The lowest BCUT2D eigenvalue weighted by molar-refractivity contribution is 0.447. The molecule has 0 aliphatic rings. The smallest absolute Gasteiger partial charge is 0.194 e. The summed E-state index contributed by atoms with van der Waals surface area (Å²) in [7, 11) is 0. The largest absolute Gasteiger partial charge is 0.370 e. The molecular formula is C15H16F3N3. The lowest BCUT2D eigenvalue weighted by Crippen LogP contribution is -2.08. The summed E-state index contributed by atoms with van der Waals surface area (Å²) in [6, 6.07) is 1.89. The van der Waals surface area contributed by atoms with E-state index in [0.29, 0.717) is 35.9 Å². The Kier molecular flexibility index (Phi) is 4.45. The zero-order chi connectivity index (χ0) is 15.6. The van der Waals surface area contributed by atoms with E-state index in [4.69, 9.17) is 0 Å². The summed E-state index contributed by atoms with van der Waals surface area (Å²) in [4.78, 5) is 8.65. The Morgan fingerprint density at radius 1 is 1.05 bits per heavy atom. The summed E-state index contributed by atoms with van der Waals surface area (Å²) >= 11 is 0. The van der Waals surface area contributed by atoms with E-state index in [2.05, 4.69) is 15.3 Å². The number of hydrogen-bond donors (Lipinski definition) is 1. The molecule has 0 atom stereocenters. The fourth-order valence-corrected chi connectivity index (χ4v) is 2.03. The molecule has 0 radical (unpaired) electrons. The van der Waals surface area contributed by atoms with Crippen LogP contribution in [0.2, 0.25) is 0 Å². The molecule has 112 valence electrons. The SMILES string of the molecule is CCNc1nc(CC)nc(-c2cc(F)c(F)c(F)c2)c1C. The normalized spacial score (nSPS) is 10.8. The average Bonchev–Trinajstić information content (AvgIpc) is 2.46. The predicted molar refractivity (Wildman–Crippen MR) is 75.6 cm³/mol. The lowest BCUT2D eigenvalue weighted by atomic mass is 10.1. The summed E-state index contributed by atoms with van der Waals surface area (Å²) in [5.41, 5.74) is 1.26. The molecular weight excluding hydrogens is 279 g/mol. The van der Waals surface area contributed by atoms with Crippen LogP contribution < -0.4 is 5.32 Å². The van der Waals surface area contributed by atoms with Crippen LogP contribution in [0, 0.1) is 24.4 Å². The van der Waals surface area contributed by atoms with Crippen molar-refractivity contribution in [2.24, 2.45) is 0 Å². The highest BCUT2D eigenvalue weighted by Crippen LogP contribution is 2.28. The van der Waals surface area contributed by atoms with E-state index in [1.54, 1.807) is 6.92 Å². The van der Waals surface area contributed by atoms with Crippen molar-refractivity contribution >= 4 is 5.82 Å². The van der Waals surface area contributed by atoms with Crippen molar-refractivity contribution in [2.45, 2.75) is 27.2 Å². The van der Waals surface area contributed by atoms with Crippen LogP contribution in [0.25, 0.3) is 11.3 Å². The van der Waals surface area contributed by atoms with Gasteiger partial charge in [0.1, 0.15) is 11.6 Å². The first-order valence-electron chi connectivity index (χ1n) is 6.74. The van der Waals surface area contributed by atoms with Crippen LogP contribution >= 0.6 is 0 Å². The van der Waals surface area contributed by atoms with E-state index < -0.39 is 17.5 Å². The van der Waals surface area contributed by atoms with Crippen LogP contribution in [0.4, 0.5) is 19.0 Å². The molecule has 0 amide bonds. The molecule has 0 aliphatic heterocycles. The van der Waals surface area contributed by atoms with Gasteiger partial charge in [-0.2, -0.15) is 0 Å². The van der Waals surface area contributed by atoms with Crippen molar-refractivity contribution in [3.63, 3.8) is 0 Å². The second-order valence-corrected chi connectivity index (χ2v) is 4.60. The standard InChI is InChI=1S/C15H16F3N3/c1-4-12-20-14(8(3)15(21-12)19-5-2)9-6-10(16)13(18)11(17)7-9/h6-7H,4-5H2,1-3H3,(H,19,20,21). The molecule has 0 spiro atoms. The molecule has 21 heavy (non-hydrogen) atoms. The Labute approximate surface area is 121 Å². The third kappa shape index (κ3) is 2.99. The van der Waals surface area contributed by atoms with Gasteiger partial charge in [0.15, 0.2) is 17.5 Å². The summed E-state index contributed by atoms with van der Waals surface area (Å²) < 4.78 is 39.9. The van der Waals surface area contributed by atoms with E-state index in [0.717, 1.165) is 12.1 Å². The number of nitrogens with one attached hydrogen (secondary N) is 1. The van der Waals surface area contributed by atoms with Crippen LogP contribution in [0.15, 0.2) is 12.1 Å². The van der Waals surface area contributed by atoms with Gasteiger partial charge in [-0.3, -0.25) is 0 Å². The molecule has 2 aromatic rings. The predicted octanol–water partition coefficient (Wildman–Crippen LogP) is 3.86. The van der Waals surface area contributed by atoms with Crippen molar-refractivity contribution in [1.82, 2.24) is 9.97 Å². The van der Waals surface area contributed by atoms with Crippen LogP contribution in [0.3, 0.4) is 0 Å². The second kappa shape index (κ2) is 6.11. The molecule has 0 saturated carbocycles. The van der Waals surface area contributed by atoms with Crippen LogP contribution in [-0.2, 0) is 6.42 Å². The van der Waals surface area contributed by atoms with Gasteiger partial charge in [0, 0.05) is 24.1 Å². The molecule has 6 heteroatoms. The first-order valence-corrected chi connectivity index (χ1v) is 6.74. The molecule has 0 unspecified atom stereocenters. The van der Waals surface area contributed by atoms with E-state index in [1.807, 2.05) is 13.8 Å². The first kappa shape index (κ1) is 15.3. The van der Waals surface area contributed by atoms with Crippen LogP contribution in [0.5, 0.6) is 0 Å². The zero-order valence-corrected chi connectivity index (χ0v) is 12.1. The fourth-order valence-electron chi connectivity index (χ4n) is 2.03. The van der Waals surface area contributed by atoms with E-state index in [9.17, 15) is 13.2 Å². The minimum atomic E-state index is -1.48. The highest BCUT2D eigenvalue weighted by atomic mass is 19.2. The molecule has 0 bridgehead atoms. The summed E-state index contributed by atoms with van der Waals surface area (Å²) in [6.45, 7) is 6.22. The Morgan fingerprint density at radius 2 is 1.67 bits per heavy atom. The molecule has 2 rings (SSSR count). The summed E-state index contributed by atoms with van der Waals surface area (Å²) in [5.74, 6) is -2.77. The van der Waals surface area contributed by atoms with Gasteiger partial charge < -0.3 is 5.32 Å². The molecule has 1 N–H and O–H groups in total. The first-order chi connectivity index (χ1) is 9.97. The number of hydrogen-bond acceptors (Lipinski definition) is 3. The highest BCUT2D eigenvalue weighted by molar-refractivity contribution is 5.68. The number of benzene rings is 1. The van der Waals surface area contributed by atoms with Gasteiger partial charge in [-0.1, -0.05) is 6.92 Å². The van der Waals surface area contributed by atoms with Crippen molar-refractivity contribution in [1.29, 1.82) is 0 Å². The third-order valence-electron chi connectivity index (χ3n) is 3.11. The number of aryl methyl sites for hydroxylation is 1. The van der Waals surface area contributed by atoms with Gasteiger partial charge in [0.25, 0.3) is 0 Å². The van der Waals surface area contributed by atoms with Gasteiger partial charge in [-0.25, -0.2) is 23.1 Å². The zero-order valence-electron chi connectivity index (χ0n) is 12.1. The topological polar surface area (TPSA) is 37.8 Å². The third-order valence-corrected chi connectivity index (χ3v) is 3.11. The van der Waals surface area contributed by atoms with Crippen molar-refractivity contribution < 1.29 is 13.2 Å². The number of rotatable bonds is 4. The van der Waals surface area contributed by atoms with E-state index in [-0.39, 0.29) is 5.56 Å². The van der Waals surface area contributed by atoms with E-state index in [1.165, 1.54) is 0 Å². The van der Waals surface area contributed by atoms with Crippen LogP contribution in [0.1, 0.15) is 25.2 Å². The highest BCUT2D eigenvalue weighted by Gasteiger charge is 2.16. The molecule has 0 aliphatic carbocycles. The van der Waals surface area contributed by atoms with Crippen molar-refractivity contribution in [3.8, 4) is 11.3 Å². The Bertz CT molecular complexity index is 648. The fraction of sp³-hybridized carbons (Fsp3) is 0.333. The van der Waals surface area contributed by atoms with Gasteiger partial charge >= 0.3 is 0 Å². The van der Waals surface area contributed by atoms with E-state index >= 15 is 0 Å². The monoisotopic (exact) mass is 295 g/mol. The van der Waals surface area contributed by atoms with Gasteiger partial charge in [0.05, 0.1) is 5.69 Å². The Balaban J connectivity index is 2.65. The number of anilines is 1. The second-order valence-electron chi connectivity index (χ2n) is 4.60. The molecule has 0 saturated heterocycles. The Morgan fingerprint density at radius 3 is 2.19 bits per heavy atom. The quantitative estimate of drug-likeness (QED) is 0.870. The molecule has 1 aromatic heterocycles. The molecule has 0 fully saturated rings. The molecule has 1 heterocycles. The Hall–Kier alpha value is -2.11. The van der Waals surface area contributed by atoms with Gasteiger partial charge in [-0.15, -0.1) is 0 Å². The average molecular weight is 295 g/mol. The summed E-state index contributed by atoms with van der Waals surface area (Å²) in [5, 5.41) is 3.09. The lowest BCUT2D eigenvalue weighted by Gasteiger charge is -2.13. The minimum Gasteiger partial charge on any atom is -0.370 e. The minimum absolute atomic E-state index is 0.195.